The number of hydrogen-bond donors (Lipinski definition) is 1. The molecule has 0 spiro atoms. The van der Waals surface area contributed by atoms with Gasteiger partial charge in [0.15, 0.2) is 5.78 Å². The number of carbonyl (C=O) groups is 1. The number of carbonyl (C=O) groups excluding carboxylic acids is 1. The Morgan fingerprint density at radius 3 is 3.20 bits per heavy atom. The summed E-state index contributed by atoms with van der Waals surface area (Å²) in [6.07, 6.45) is 10.5. The molecule has 2 rings (SSSR count). The molecule has 0 amide bonds. The van der Waals surface area contributed by atoms with Crippen molar-refractivity contribution in [1.29, 1.82) is 0 Å². The molecule has 1 N–H and O–H groups in total. The minimum absolute atomic E-state index is 0.231. The Morgan fingerprint density at radius 2 is 2.35 bits per heavy atom. The maximum absolute atomic E-state index is 11.6. The Morgan fingerprint density at radius 1 is 1.45 bits per heavy atom. The number of pyridine rings is 1. The first-order valence-electron chi connectivity index (χ1n) is 7.71. The summed E-state index contributed by atoms with van der Waals surface area (Å²) in [5.41, 5.74) is 2.40. The highest BCUT2D eigenvalue weighted by molar-refractivity contribution is 5.89. The van der Waals surface area contributed by atoms with Crippen molar-refractivity contribution in [3.8, 4) is 0 Å². The molecule has 0 atom stereocenters. The van der Waals surface area contributed by atoms with Crippen molar-refractivity contribution >= 4 is 11.6 Å². The van der Waals surface area contributed by atoms with Crippen LogP contribution in [0.2, 0.25) is 0 Å². The topological polar surface area (TPSA) is 42.0 Å². The molecule has 0 unspecified atom stereocenters. The highest BCUT2D eigenvalue weighted by Gasteiger charge is 2.10. The fraction of sp³-hybridized carbons (Fsp3) is 0.529. The molecule has 0 saturated carbocycles. The standard InChI is InChI=1S/C17H24N2O/c1-2-3-4-9-16(20)10-5-8-15-12-11-14-7-6-13-18-17(14)19-15/h4,9,11-12H,2-3,5-8,10,13H2,1H3,(H,18,19)/b9-4+. The Kier molecular flexibility index (Phi) is 5.78. The Labute approximate surface area is 121 Å². The van der Waals surface area contributed by atoms with E-state index in [-0.39, 0.29) is 5.78 Å². The van der Waals surface area contributed by atoms with E-state index in [4.69, 9.17) is 0 Å². The Balaban J connectivity index is 1.78. The number of aromatic nitrogens is 1. The molecule has 0 aromatic carbocycles. The van der Waals surface area contributed by atoms with Crippen LogP contribution in [0.15, 0.2) is 24.3 Å². The van der Waals surface area contributed by atoms with E-state index in [2.05, 4.69) is 29.4 Å². The van der Waals surface area contributed by atoms with Crippen molar-refractivity contribution in [2.24, 2.45) is 0 Å². The summed E-state index contributed by atoms with van der Waals surface area (Å²) in [5.74, 6) is 1.28. The third kappa shape index (κ3) is 4.48. The lowest BCUT2D eigenvalue weighted by Gasteiger charge is -2.17. The van der Waals surface area contributed by atoms with Gasteiger partial charge in [0.05, 0.1) is 0 Å². The summed E-state index contributed by atoms with van der Waals surface area (Å²) in [7, 11) is 0. The quantitative estimate of drug-likeness (QED) is 0.770. The maximum atomic E-state index is 11.6. The minimum atomic E-state index is 0.231. The number of allylic oxidation sites excluding steroid dienone is 2. The molecule has 0 bridgehead atoms. The first-order valence-corrected chi connectivity index (χ1v) is 7.71. The Hall–Kier alpha value is -1.64. The average Bonchev–Trinajstić information content (AvgIpc) is 2.47. The molecule has 20 heavy (non-hydrogen) atoms. The van der Waals surface area contributed by atoms with Gasteiger partial charge in [-0.1, -0.05) is 25.5 Å². The van der Waals surface area contributed by atoms with Crippen LogP contribution in [0, 0.1) is 0 Å². The molecule has 108 valence electrons. The van der Waals surface area contributed by atoms with Crippen LogP contribution >= 0.6 is 0 Å². The van der Waals surface area contributed by atoms with Gasteiger partial charge in [0.2, 0.25) is 0 Å². The smallest absolute Gasteiger partial charge is 0.155 e. The molecular weight excluding hydrogens is 248 g/mol. The number of anilines is 1. The summed E-state index contributed by atoms with van der Waals surface area (Å²) in [6.45, 7) is 3.13. The van der Waals surface area contributed by atoms with Crippen LogP contribution in [0.5, 0.6) is 0 Å². The second-order valence-corrected chi connectivity index (χ2v) is 5.35. The van der Waals surface area contributed by atoms with Gasteiger partial charge in [-0.05, 0) is 49.8 Å². The number of ketones is 1. The van der Waals surface area contributed by atoms with E-state index in [1.54, 1.807) is 6.08 Å². The van der Waals surface area contributed by atoms with Gasteiger partial charge in [-0.3, -0.25) is 4.79 Å². The zero-order valence-electron chi connectivity index (χ0n) is 12.3. The number of fused-ring (bicyclic) bond motifs is 1. The lowest BCUT2D eigenvalue weighted by atomic mass is 10.1. The fourth-order valence-corrected chi connectivity index (χ4v) is 2.42. The molecule has 0 saturated heterocycles. The van der Waals surface area contributed by atoms with Crippen LogP contribution in [0.4, 0.5) is 5.82 Å². The average molecular weight is 272 g/mol. The van der Waals surface area contributed by atoms with Crippen molar-refractivity contribution in [2.75, 3.05) is 11.9 Å². The van der Waals surface area contributed by atoms with Gasteiger partial charge in [0.25, 0.3) is 0 Å². The summed E-state index contributed by atoms with van der Waals surface area (Å²) in [6, 6.07) is 4.27. The molecule has 3 heteroatoms. The SMILES string of the molecule is CCC/C=C/C(=O)CCCc1ccc2c(n1)NCCC2. The van der Waals surface area contributed by atoms with Crippen molar-refractivity contribution in [3.63, 3.8) is 0 Å². The third-order valence-electron chi connectivity index (χ3n) is 3.57. The molecule has 1 aliphatic heterocycles. The summed E-state index contributed by atoms with van der Waals surface area (Å²) in [4.78, 5) is 16.3. The number of nitrogens with one attached hydrogen (secondary N) is 1. The molecule has 3 nitrogen and oxygen atoms in total. The van der Waals surface area contributed by atoms with E-state index in [1.165, 1.54) is 12.0 Å². The van der Waals surface area contributed by atoms with Crippen LogP contribution in [0.25, 0.3) is 0 Å². The molecule has 0 aliphatic carbocycles. The van der Waals surface area contributed by atoms with E-state index in [0.29, 0.717) is 6.42 Å². The molecule has 2 heterocycles. The normalized spacial score (nSPS) is 14.1. The Bertz CT molecular complexity index is 480. The van der Waals surface area contributed by atoms with E-state index in [9.17, 15) is 4.79 Å². The lowest BCUT2D eigenvalue weighted by Crippen LogP contribution is -2.14. The van der Waals surface area contributed by atoms with Crippen molar-refractivity contribution in [3.05, 3.63) is 35.5 Å². The van der Waals surface area contributed by atoms with Gasteiger partial charge >= 0.3 is 0 Å². The third-order valence-corrected chi connectivity index (χ3v) is 3.57. The molecule has 1 aliphatic rings. The van der Waals surface area contributed by atoms with Crippen molar-refractivity contribution < 1.29 is 4.79 Å². The van der Waals surface area contributed by atoms with Crippen molar-refractivity contribution in [1.82, 2.24) is 4.98 Å². The number of unbranched alkanes of at least 4 members (excludes halogenated alkanes) is 1. The summed E-state index contributed by atoms with van der Waals surface area (Å²) < 4.78 is 0. The molecular formula is C17H24N2O. The van der Waals surface area contributed by atoms with Gasteiger partial charge in [-0.2, -0.15) is 0 Å². The van der Waals surface area contributed by atoms with Gasteiger partial charge < -0.3 is 5.32 Å². The zero-order valence-corrected chi connectivity index (χ0v) is 12.3. The van der Waals surface area contributed by atoms with Gasteiger partial charge in [-0.25, -0.2) is 4.98 Å². The van der Waals surface area contributed by atoms with Crippen LogP contribution in [-0.4, -0.2) is 17.3 Å². The van der Waals surface area contributed by atoms with Gasteiger partial charge in [0.1, 0.15) is 5.82 Å². The number of aryl methyl sites for hydroxylation is 2. The lowest BCUT2D eigenvalue weighted by molar-refractivity contribution is -0.114. The highest BCUT2D eigenvalue weighted by atomic mass is 16.1. The monoisotopic (exact) mass is 272 g/mol. The van der Waals surface area contributed by atoms with E-state index < -0.39 is 0 Å². The second kappa shape index (κ2) is 7.83. The fourth-order valence-electron chi connectivity index (χ4n) is 2.42. The van der Waals surface area contributed by atoms with Crippen LogP contribution < -0.4 is 5.32 Å². The van der Waals surface area contributed by atoms with E-state index in [0.717, 1.165) is 50.2 Å². The first-order chi connectivity index (χ1) is 9.79. The van der Waals surface area contributed by atoms with Gasteiger partial charge in [0, 0.05) is 18.7 Å². The second-order valence-electron chi connectivity index (χ2n) is 5.35. The molecule has 0 radical (unpaired) electrons. The molecule has 1 aromatic heterocycles. The van der Waals surface area contributed by atoms with Gasteiger partial charge in [-0.15, -0.1) is 0 Å². The van der Waals surface area contributed by atoms with Crippen LogP contribution in [-0.2, 0) is 17.6 Å². The highest BCUT2D eigenvalue weighted by Crippen LogP contribution is 2.20. The van der Waals surface area contributed by atoms with E-state index >= 15 is 0 Å². The predicted molar refractivity (Wildman–Crippen MR) is 83.0 cm³/mol. The first kappa shape index (κ1) is 14.8. The number of hydrogen-bond acceptors (Lipinski definition) is 3. The number of rotatable bonds is 7. The largest absolute Gasteiger partial charge is 0.370 e. The number of nitrogens with zero attached hydrogens (tertiary/aromatic N) is 1. The molecule has 1 aromatic rings. The van der Waals surface area contributed by atoms with Crippen LogP contribution in [0.1, 0.15) is 50.3 Å². The summed E-state index contributed by atoms with van der Waals surface area (Å²) >= 11 is 0. The zero-order chi connectivity index (χ0) is 14.2. The minimum Gasteiger partial charge on any atom is -0.370 e. The maximum Gasteiger partial charge on any atom is 0.155 e. The van der Waals surface area contributed by atoms with Crippen LogP contribution in [0.3, 0.4) is 0 Å². The van der Waals surface area contributed by atoms with E-state index in [1.807, 2.05) is 6.08 Å². The molecule has 0 fully saturated rings. The van der Waals surface area contributed by atoms with Crippen molar-refractivity contribution in [2.45, 2.75) is 51.9 Å². The summed E-state index contributed by atoms with van der Waals surface area (Å²) in [5, 5.41) is 3.35. The predicted octanol–water partition coefficient (Wildman–Crippen LogP) is 3.69.